The molecule has 0 spiro atoms. The molecular formula is C16H25NO3. The first-order valence-corrected chi connectivity index (χ1v) is 7.48. The second-order valence-electron chi connectivity index (χ2n) is 5.15. The van der Waals surface area contributed by atoms with Gasteiger partial charge in [-0.1, -0.05) is 31.4 Å². The van der Waals surface area contributed by atoms with Gasteiger partial charge in [-0.3, -0.25) is 0 Å². The molecule has 0 fully saturated rings. The molecule has 1 aromatic rings. The SMILES string of the molecule is O=C([O-])CCCCCCCC[NH2+]Cc1ccccc1O. The summed E-state index contributed by atoms with van der Waals surface area (Å²) in [4.78, 5) is 10.2. The summed E-state index contributed by atoms with van der Waals surface area (Å²) in [5.41, 5.74) is 0.981. The molecule has 1 aromatic carbocycles. The van der Waals surface area contributed by atoms with E-state index in [4.69, 9.17) is 0 Å². The lowest BCUT2D eigenvalue weighted by Crippen LogP contribution is -2.82. The molecule has 0 aliphatic heterocycles. The van der Waals surface area contributed by atoms with Gasteiger partial charge in [-0.15, -0.1) is 0 Å². The van der Waals surface area contributed by atoms with E-state index in [0.717, 1.165) is 50.8 Å². The van der Waals surface area contributed by atoms with Gasteiger partial charge in [-0.2, -0.15) is 0 Å². The number of phenolic OH excluding ortho intramolecular Hbond substituents is 1. The third-order valence-corrected chi connectivity index (χ3v) is 3.40. The Hall–Kier alpha value is -1.55. The van der Waals surface area contributed by atoms with E-state index in [1.165, 1.54) is 6.42 Å². The van der Waals surface area contributed by atoms with E-state index in [2.05, 4.69) is 5.32 Å². The van der Waals surface area contributed by atoms with E-state index in [0.29, 0.717) is 5.75 Å². The van der Waals surface area contributed by atoms with Crippen molar-refractivity contribution in [3.05, 3.63) is 29.8 Å². The van der Waals surface area contributed by atoms with Crippen LogP contribution in [0, 0.1) is 0 Å². The quantitative estimate of drug-likeness (QED) is 0.592. The molecule has 0 aromatic heterocycles. The van der Waals surface area contributed by atoms with Crippen LogP contribution in [0.2, 0.25) is 0 Å². The molecule has 0 radical (unpaired) electrons. The largest absolute Gasteiger partial charge is 0.550 e. The van der Waals surface area contributed by atoms with Gasteiger partial charge in [0.05, 0.1) is 6.54 Å². The van der Waals surface area contributed by atoms with Crippen LogP contribution in [0.25, 0.3) is 0 Å². The molecule has 0 saturated carbocycles. The van der Waals surface area contributed by atoms with Crippen molar-refractivity contribution in [2.75, 3.05) is 6.54 Å². The number of carboxylic acids is 1. The van der Waals surface area contributed by atoms with Crippen molar-refractivity contribution in [3.8, 4) is 5.75 Å². The predicted molar refractivity (Wildman–Crippen MR) is 75.9 cm³/mol. The van der Waals surface area contributed by atoms with Crippen LogP contribution in [0.15, 0.2) is 24.3 Å². The fraction of sp³-hybridized carbons (Fsp3) is 0.562. The van der Waals surface area contributed by atoms with E-state index in [-0.39, 0.29) is 6.42 Å². The minimum atomic E-state index is -0.941. The smallest absolute Gasteiger partial charge is 0.124 e. The Morgan fingerprint density at radius 3 is 2.40 bits per heavy atom. The summed E-state index contributed by atoms with van der Waals surface area (Å²) < 4.78 is 0. The Bertz CT molecular complexity index is 393. The number of aromatic hydroxyl groups is 1. The maximum absolute atomic E-state index is 10.2. The summed E-state index contributed by atoms with van der Waals surface area (Å²) >= 11 is 0. The van der Waals surface area contributed by atoms with Gasteiger partial charge in [-0.25, -0.2) is 0 Å². The van der Waals surface area contributed by atoms with Crippen molar-refractivity contribution in [3.63, 3.8) is 0 Å². The number of hydrogen-bond donors (Lipinski definition) is 2. The molecule has 0 heterocycles. The van der Waals surface area contributed by atoms with Crippen molar-refractivity contribution in [2.45, 2.75) is 51.5 Å². The first-order chi connectivity index (χ1) is 9.70. The zero-order chi connectivity index (χ0) is 14.6. The molecule has 112 valence electrons. The first-order valence-electron chi connectivity index (χ1n) is 7.48. The lowest BCUT2D eigenvalue weighted by atomic mass is 10.1. The number of carbonyl (C=O) groups excluding carboxylic acids is 1. The fourth-order valence-corrected chi connectivity index (χ4v) is 2.21. The maximum atomic E-state index is 10.2. The van der Waals surface area contributed by atoms with E-state index in [9.17, 15) is 15.0 Å². The number of para-hydroxylation sites is 1. The molecule has 1 rings (SSSR count). The Balaban J connectivity index is 1.90. The number of unbranched alkanes of at least 4 members (excludes halogenated alkanes) is 5. The Kier molecular flexibility index (Phi) is 8.47. The number of carboxylic acid groups (broad SMARTS) is 1. The van der Waals surface area contributed by atoms with Crippen molar-refractivity contribution in [1.82, 2.24) is 0 Å². The third kappa shape index (κ3) is 7.79. The number of phenols is 1. The van der Waals surface area contributed by atoms with E-state index >= 15 is 0 Å². The minimum absolute atomic E-state index is 0.189. The number of benzene rings is 1. The van der Waals surface area contributed by atoms with Crippen LogP contribution in [0.1, 0.15) is 50.5 Å². The van der Waals surface area contributed by atoms with Crippen molar-refractivity contribution >= 4 is 5.97 Å². The Morgan fingerprint density at radius 1 is 1.05 bits per heavy atom. The number of aliphatic carboxylic acids is 1. The lowest BCUT2D eigenvalue weighted by Gasteiger charge is -2.04. The average molecular weight is 279 g/mol. The van der Waals surface area contributed by atoms with Gasteiger partial charge in [0.25, 0.3) is 0 Å². The highest BCUT2D eigenvalue weighted by atomic mass is 16.4. The van der Waals surface area contributed by atoms with E-state index in [1.54, 1.807) is 6.07 Å². The third-order valence-electron chi connectivity index (χ3n) is 3.40. The fourth-order valence-electron chi connectivity index (χ4n) is 2.21. The van der Waals surface area contributed by atoms with Gasteiger partial charge in [0.2, 0.25) is 0 Å². The summed E-state index contributed by atoms with van der Waals surface area (Å²) in [6, 6.07) is 7.44. The Labute approximate surface area is 120 Å². The van der Waals surface area contributed by atoms with Crippen LogP contribution in [0.5, 0.6) is 5.75 Å². The van der Waals surface area contributed by atoms with Gasteiger partial charge in [0.15, 0.2) is 0 Å². The molecule has 0 unspecified atom stereocenters. The molecule has 0 aliphatic rings. The molecule has 0 saturated heterocycles. The van der Waals surface area contributed by atoms with Gasteiger partial charge in [0.1, 0.15) is 12.3 Å². The monoisotopic (exact) mass is 279 g/mol. The topological polar surface area (TPSA) is 77.0 Å². The van der Waals surface area contributed by atoms with Gasteiger partial charge in [0, 0.05) is 11.5 Å². The molecule has 4 nitrogen and oxygen atoms in total. The van der Waals surface area contributed by atoms with Crippen LogP contribution >= 0.6 is 0 Å². The minimum Gasteiger partial charge on any atom is -0.550 e. The number of nitrogens with two attached hydrogens (primary N) is 1. The first kappa shape index (κ1) is 16.5. The zero-order valence-electron chi connectivity index (χ0n) is 12.0. The van der Waals surface area contributed by atoms with Crippen LogP contribution in [0.4, 0.5) is 0 Å². The second-order valence-corrected chi connectivity index (χ2v) is 5.15. The predicted octanol–water partition coefficient (Wildman–Crippen LogP) is 0.936. The van der Waals surface area contributed by atoms with Gasteiger partial charge >= 0.3 is 0 Å². The second kappa shape index (κ2) is 10.3. The molecule has 20 heavy (non-hydrogen) atoms. The lowest BCUT2D eigenvalue weighted by molar-refractivity contribution is -0.671. The number of quaternary nitrogens is 1. The normalized spacial score (nSPS) is 10.6. The van der Waals surface area contributed by atoms with Crippen LogP contribution in [0.3, 0.4) is 0 Å². The van der Waals surface area contributed by atoms with E-state index in [1.807, 2.05) is 18.2 Å². The maximum Gasteiger partial charge on any atom is 0.124 e. The van der Waals surface area contributed by atoms with Crippen molar-refractivity contribution in [2.24, 2.45) is 0 Å². The molecule has 0 atom stereocenters. The van der Waals surface area contributed by atoms with Crippen LogP contribution < -0.4 is 10.4 Å². The van der Waals surface area contributed by atoms with E-state index < -0.39 is 5.97 Å². The van der Waals surface area contributed by atoms with Gasteiger partial charge < -0.3 is 20.3 Å². The molecular weight excluding hydrogens is 254 g/mol. The zero-order valence-corrected chi connectivity index (χ0v) is 12.0. The molecule has 0 aliphatic carbocycles. The number of hydrogen-bond acceptors (Lipinski definition) is 3. The summed E-state index contributed by atoms with van der Waals surface area (Å²) in [6.45, 7) is 1.88. The van der Waals surface area contributed by atoms with Crippen LogP contribution in [-0.4, -0.2) is 17.6 Å². The highest BCUT2D eigenvalue weighted by molar-refractivity contribution is 5.64. The molecule has 0 bridgehead atoms. The molecule has 0 amide bonds. The number of carbonyl (C=O) groups is 1. The highest BCUT2D eigenvalue weighted by Gasteiger charge is 2.00. The number of rotatable bonds is 11. The summed E-state index contributed by atoms with van der Waals surface area (Å²) in [7, 11) is 0. The molecule has 3 N–H and O–H groups in total. The van der Waals surface area contributed by atoms with Crippen molar-refractivity contribution < 1.29 is 20.3 Å². The Morgan fingerprint density at radius 2 is 1.70 bits per heavy atom. The summed E-state index contributed by atoms with van der Waals surface area (Å²) in [6.07, 6.45) is 6.52. The summed E-state index contributed by atoms with van der Waals surface area (Å²) in [5, 5.41) is 22.0. The molecule has 4 heteroatoms. The van der Waals surface area contributed by atoms with Crippen LogP contribution in [-0.2, 0) is 11.3 Å². The average Bonchev–Trinajstić information content (AvgIpc) is 2.42. The van der Waals surface area contributed by atoms with Crippen molar-refractivity contribution in [1.29, 1.82) is 0 Å². The summed E-state index contributed by atoms with van der Waals surface area (Å²) in [5.74, 6) is -0.569. The standard InChI is InChI=1S/C16H25NO3/c18-15-10-7-6-9-14(15)13-17-12-8-4-2-1-3-5-11-16(19)20/h6-7,9-10,17-18H,1-5,8,11-13H2,(H,19,20). The highest BCUT2D eigenvalue weighted by Crippen LogP contribution is 2.13. The van der Waals surface area contributed by atoms with Gasteiger partial charge in [-0.05, 0) is 37.8 Å².